The molecular formula is C23H29NO3. The van der Waals surface area contributed by atoms with Gasteiger partial charge in [0.1, 0.15) is 13.2 Å². The predicted molar refractivity (Wildman–Crippen MR) is 109 cm³/mol. The zero-order chi connectivity index (χ0) is 19.4. The van der Waals surface area contributed by atoms with Crippen LogP contribution in [0.5, 0.6) is 11.5 Å². The van der Waals surface area contributed by atoms with E-state index in [1.54, 1.807) is 0 Å². The van der Waals surface area contributed by atoms with Gasteiger partial charge in [-0.2, -0.15) is 0 Å². The van der Waals surface area contributed by atoms with Gasteiger partial charge >= 0.3 is 0 Å². The molecule has 1 aliphatic rings. The van der Waals surface area contributed by atoms with Crippen LogP contribution in [0.15, 0.2) is 36.4 Å². The minimum Gasteiger partial charge on any atom is -0.486 e. The number of anilines is 1. The Kier molecular flexibility index (Phi) is 6.04. The van der Waals surface area contributed by atoms with Gasteiger partial charge in [-0.3, -0.25) is 4.79 Å². The second kappa shape index (κ2) is 8.47. The van der Waals surface area contributed by atoms with Gasteiger partial charge in [0.25, 0.3) is 0 Å². The summed E-state index contributed by atoms with van der Waals surface area (Å²) < 4.78 is 11.2. The van der Waals surface area contributed by atoms with Crippen LogP contribution < -0.4 is 14.8 Å². The van der Waals surface area contributed by atoms with Crippen molar-refractivity contribution in [3.8, 4) is 11.5 Å². The van der Waals surface area contributed by atoms with Crippen LogP contribution in [0.3, 0.4) is 0 Å². The highest BCUT2D eigenvalue weighted by atomic mass is 16.6. The number of para-hydroxylation sites is 1. The molecule has 2 aromatic carbocycles. The van der Waals surface area contributed by atoms with E-state index < -0.39 is 0 Å². The summed E-state index contributed by atoms with van der Waals surface area (Å²) in [7, 11) is 0. The largest absolute Gasteiger partial charge is 0.486 e. The molecule has 0 saturated carbocycles. The Morgan fingerprint density at radius 2 is 1.59 bits per heavy atom. The number of hydrogen-bond donors (Lipinski definition) is 1. The van der Waals surface area contributed by atoms with Gasteiger partial charge in [0, 0.05) is 12.1 Å². The van der Waals surface area contributed by atoms with Crippen LogP contribution in [0.4, 0.5) is 5.69 Å². The molecule has 1 amide bonds. The third kappa shape index (κ3) is 4.62. The fourth-order valence-corrected chi connectivity index (χ4v) is 3.40. The fraction of sp³-hybridized carbons (Fsp3) is 0.435. The molecule has 0 unspecified atom stereocenters. The van der Waals surface area contributed by atoms with Crippen molar-refractivity contribution in [3.63, 3.8) is 0 Å². The van der Waals surface area contributed by atoms with E-state index in [9.17, 15) is 4.79 Å². The monoisotopic (exact) mass is 367 g/mol. The van der Waals surface area contributed by atoms with E-state index >= 15 is 0 Å². The molecule has 4 nitrogen and oxygen atoms in total. The molecule has 0 fully saturated rings. The van der Waals surface area contributed by atoms with E-state index in [-0.39, 0.29) is 5.91 Å². The SMILES string of the molecule is CC(C)c1cccc(C(C)C)c1NC(=O)CCc1ccc2c(c1)OCCO2. The highest BCUT2D eigenvalue weighted by Gasteiger charge is 2.16. The van der Waals surface area contributed by atoms with Crippen molar-refractivity contribution < 1.29 is 14.3 Å². The number of carbonyl (C=O) groups excluding carboxylic acids is 1. The van der Waals surface area contributed by atoms with E-state index in [0.717, 1.165) is 22.7 Å². The Hall–Kier alpha value is -2.49. The number of hydrogen-bond acceptors (Lipinski definition) is 3. The molecule has 2 aromatic rings. The van der Waals surface area contributed by atoms with Crippen LogP contribution in [0.2, 0.25) is 0 Å². The van der Waals surface area contributed by atoms with Gasteiger partial charge in [0.2, 0.25) is 5.91 Å². The third-order valence-corrected chi connectivity index (χ3v) is 4.88. The van der Waals surface area contributed by atoms with Gasteiger partial charge in [-0.15, -0.1) is 0 Å². The van der Waals surface area contributed by atoms with Gasteiger partial charge in [-0.25, -0.2) is 0 Å². The van der Waals surface area contributed by atoms with Gasteiger partial charge in [0.15, 0.2) is 11.5 Å². The molecule has 27 heavy (non-hydrogen) atoms. The second-order valence-electron chi connectivity index (χ2n) is 7.65. The van der Waals surface area contributed by atoms with Crippen molar-refractivity contribution in [2.75, 3.05) is 18.5 Å². The molecule has 3 rings (SSSR count). The first-order valence-electron chi connectivity index (χ1n) is 9.77. The van der Waals surface area contributed by atoms with Crippen LogP contribution in [0, 0.1) is 0 Å². The molecule has 4 heteroatoms. The smallest absolute Gasteiger partial charge is 0.224 e. The zero-order valence-corrected chi connectivity index (χ0v) is 16.7. The maximum atomic E-state index is 12.7. The van der Waals surface area contributed by atoms with Gasteiger partial charge in [-0.05, 0) is 47.1 Å². The topological polar surface area (TPSA) is 47.6 Å². The summed E-state index contributed by atoms with van der Waals surface area (Å²) in [6.07, 6.45) is 1.10. The minimum atomic E-state index is 0.0416. The second-order valence-corrected chi connectivity index (χ2v) is 7.65. The van der Waals surface area contributed by atoms with E-state index in [4.69, 9.17) is 9.47 Å². The van der Waals surface area contributed by atoms with Crippen molar-refractivity contribution in [1.82, 2.24) is 0 Å². The Balaban J connectivity index is 1.69. The lowest BCUT2D eigenvalue weighted by Gasteiger charge is -2.20. The summed E-state index contributed by atoms with van der Waals surface area (Å²) in [5.41, 5.74) is 4.44. The fourth-order valence-electron chi connectivity index (χ4n) is 3.40. The van der Waals surface area contributed by atoms with Crippen LogP contribution in [0.1, 0.15) is 62.6 Å². The Labute approximate surface area is 161 Å². The molecule has 1 aliphatic heterocycles. The first-order chi connectivity index (χ1) is 13.0. The van der Waals surface area contributed by atoms with E-state index in [1.165, 1.54) is 11.1 Å². The van der Waals surface area contributed by atoms with E-state index in [1.807, 2.05) is 18.2 Å². The van der Waals surface area contributed by atoms with Crippen LogP contribution in [-0.4, -0.2) is 19.1 Å². The molecule has 0 atom stereocenters. The van der Waals surface area contributed by atoms with Gasteiger partial charge in [0.05, 0.1) is 0 Å². The van der Waals surface area contributed by atoms with E-state index in [2.05, 4.69) is 51.2 Å². The Morgan fingerprint density at radius 3 is 2.22 bits per heavy atom. The summed E-state index contributed by atoms with van der Waals surface area (Å²) in [6, 6.07) is 12.2. The first kappa shape index (κ1) is 19.3. The van der Waals surface area contributed by atoms with Gasteiger partial charge < -0.3 is 14.8 Å². The molecular weight excluding hydrogens is 338 g/mol. The summed E-state index contributed by atoms with van der Waals surface area (Å²) in [5.74, 6) is 2.31. The minimum absolute atomic E-state index is 0.0416. The van der Waals surface area contributed by atoms with E-state index in [0.29, 0.717) is 37.9 Å². The maximum Gasteiger partial charge on any atom is 0.224 e. The average molecular weight is 367 g/mol. The molecule has 0 spiro atoms. The number of amides is 1. The average Bonchev–Trinajstić information content (AvgIpc) is 2.66. The standard InChI is InChI=1S/C23H29NO3/c1-15(2)18-6-5-7-19(16(3)4)23(18)24-22(25)11-9-17-8-10-20-21(14-17)27-13-12-26-20/h5-8,10,14-16H,9,11-13H2,1-4H3,(H,24,25). The Morgan fingerprint density at radius 1 is 0.963 bits per heavy atom. The first-order valence-corrected chi connectivity index (χ1v) is 9.77. The lowest BCUT2D eigenvalue weighted by Crippen LogP contribution is -2.17. The van der Waals surface area contributed by atoms with Crippen molar-refractivity contribution in [2.24, 2.45) is 0 Å². The number of carbonyl (C=O) groups is 1. The lowest BCUT2D eigenvalue weighted by atomic mass is 9.92. The van der Waals surface area contributed by atoms with Crippen LogP contribution in [-0.2, 0) is 11.2 Å². The highest BCUT2D eigenvalue weighted by Crippen LogP contribution is 2.33. The normalized spacial score (nSPS) is 13.1. The van der Waals surface area contributed by atoms with Crippen molar-refractivity contribution in [2.45, 2.75) is 52.4 Å². The molecule has 0 aliphatic carbocycles. The van der Waals surface area contributed by atoms with Crippen molar-refractivity contribution in [3.05, 3.63) is 53.1 Å². The molecule has 1 heterocycles. The lowest BCUT2D eigenvalue weighted by molar-refractivity contribution is -0.116. The van der Waals surface area contributed by atoms with Crippen LogP contribution >= 0.6 is 0 Å². The number of nitrogens with one attached hydrogen (secondary N) is 1. The summed E-state index contributed by atoms with van der Waals surface area (Å²) >= 11 is 0. The molecule has 0 aromatic heterocycles. The molecule has 1 N–H and O–H groups in total. The zero-order valence-electron chi connectivity index (χ0n) is 16.7. The van der Waals surface area contributed by atoms with Crippen LogP contribution in [0.25, 0.3) is 0 Å². The number of rotatable bonds is 6. The number of ether oxygens (including phenoxy) is 2. The van der Waals surface area contributed by atoms with Gasteiger partial charge in [-0.1, -0.05) is 52.0 Å². The van der Waals surface area contributed by atoms with Crippen molar-refractivity contribution >= 4 is 11.6 Å². The highest BCUT2D eigenvalue weighted by molar-refractivity contribution is 5.92. The molecule has 0 saturated heterocycles. The summed E-state index contributed by atoms with van der Waals surface area (Å²) in [4.78, 5) is 12.7. The summed E-state index contributed by atoms with van der Waals surface area (Å²) in [6.45, 7) is 9.78. The molecule has 144 valence electrons. The third-order valence-electron chi connectivity index (χ3n) is 4.88. The maximum absolute atomic E-state index is 12.7. The number of benzene rings is 2. The number of fused-ring (bicyclic) bond motifs is 1. The summed E-state index contributed by atoms with van der Waals surface area (Å²) in [5, 5.41) is 3.18. The Bertz CT molecular complexity index is 785. The van der Waals surface area contributed by atoms with Crippen molar-refractivity contribution in [1.29, 1.82) is 0 Å². The quantitative estimate of drug-likeness (QED) is 0.756. The molecule has 0 radical (unpaired) electrons. The predicted octanol–water partition coefficient (Wildman–Crippen LogP) is 5.28. The number of aryl methyl sites for hydroxylation is 1. The molecule has 0 bridgehead atoms.